The van der Waals surface area contributed by atoms with Gasteiger partial charge in [0.25, 0.3) is 0 Å². The van der Waals surface area contributed by atoms with Gasteiger partial charge in [0.05, 0.1) is 40.4 Å². The van der Waals surface area contributed by atoms with Gasteiger partial charge in [-0.1, -0.05) is 114 Å². The molecule has 4 nitrogen and oxygen atoms in total. The van der Waals surface area contributed by atoms with Crippen molar-refractivity contribution >= 4 is 0 Å². The number of quaternary nitrogens is 2. The molecule has 2 aromatic carbocycles. The molecule has 0 aliphatic heterocycles. The van der Waals surface area contributed by atoms with Gasteiger partial charge in [0.15, 0.2) is 0 Å². The summed E-state index contributed by atoms with van der Waals surface area (Å²) in [6, 6.07) is 18.1. The minimum absolute atomic E-state index is 0. The van der Waals surface area contributed by atoms with Crippen molar-refractivity contribution in [2.24, 2.45) is 0 Å². The molecule has 42 heavy (non-hydrogen) atoms. The molecule has 0 spiro atoms. The topological polar surface area (TPSA) is 40.5 Å². The molecular formula is C36H62Cl2N2O2. The maximum absolute atomic E-state index is 9.72. The van der Waals surface area contributed by atoms with Crippen molar-refractivity contribution in [1.29, 1.82) is 0 Å². The molecule has 0 aromatic heterocycles. The highest BCUT2D eigenvalue weighted by Gasteiger charge is 2.22. The van der Waals surface area contributed by atoms with Crippen molar-refractivity contribution in [1.82, 2.24) is 0 Å². The number of hydrogen-bond donors (Lipinski definition) is 2. The molecule has 0 fully saturated rings. The van der Waals surface area contributed by atoms with Crippen molar-refractivity contribution in [2.45, 2.75) is 104 Å². The number of hydrogen-bond acceptors (Lipinski definition) is 2. The minimum atomic E-state index is 0. The Hall–Kier alpha value is -1.14. The lowest BCUT2D eigenvalue weighted by molar-refractivity contribution is -0.923. The third kappa shape index (κ3) is 16.1. The fourth-order valence-corrected chi connectivity index (χ4v) is 6.06. The first-order valence-corrected chi connectivity index (χ1v) is 16.4. The number of rotatable bonds is 23. The quantitative estimate of drug-likeness (QED) is 0.147. The van der Waals surface area contributed by atoms with Crippen LogP contribution in [0.1, 0.15) is 102 Å². The van der Waals surface area contributed by atoms with E-state index in [1.165, 1.54) is 99.3 Å². The van der Waals surface area contributed by atoms with Crippen LogP contribution in [0.25, 0.3) is 11.1 Å². The van der Waals surface area contributed by atoms with E-state index >= 15 is 0 Å². The summed E-state index contributed by atoms with van der Waals surface area (Å²) in [6.07, 6.45) is 15.7. The Morgan fingerprint density at radius 2 is 0.762 bits per heavy atom. The lowest BCUT2D eigenvalue weighted by Gasteiger charge is -2.34. The molecule has 0 saturated carbocycles. The van der Waals surface area contributed by atoms with Gasteiger partial charge in [0.2, 0.25) is 0 Å². The summed E-state index contributed by atoms with van der Waals surface area (Å²) < 4.78 is 1.81. The molecule has 0 heterocycles. The molecule has 2 atom stereocenters. The van der Waals surface area contributed by atoms with Crippen LogP contribution in [0.5, 0.6) is 0 Å². The summed E-state index contributed by atoms with van der Waals surface area (Å²) in [7, 11) is 4.59. The van der Waals surface area contributed by atoms with Gasteiger partial charge in [-0.15, -0.1) is 0 Å². The Morgan fingerprint density at radius 1 is 0.452 bits per heavy atom. The van der Waals surface area contributed by atoms with Gasteiger partial charge in [-0.2, -0.15) is 0 Å². The molecular weight excluding hydrogens is 563 g/mol. The molecule has 2 N–H and O–H groups in total. The predicted octanol–water partition coefficient (Wildman–Crippen LogP) is 1.96. The first-order valence-electron chi connectivity index (χ1n) is 16.4. The monoisotopic (exact) mass is 624 g/mol. The second-order valence-electron chi connectivity index (χ2n) is 12.8. The summed E-state index contributed by atoms with van der Waals surface area (Å²) in [4.78, 5) is 0. The third-order valence-electron chi connectivity index (χ3n) is 8.75. The molecule has 0 radical (unpaired) electrons. The van der Waals surface area contributed by atoms with Gasteiger partial charge in [-0.3, -0.25) is 0 Å². The van der Waals surface area contributed by atoms with Crippen LogP contribution in [-0.4, -0.2) is 72.7 Å². The Labute approximate surface area is 271 Å². The van der Waals surface area contributed by atoms with E-state index in [0.29, 0.717) is 0 Å². The molecule has 242 valence electrons. The fraction of sp³-hybridized carbons (Fsp3) is 0.667. The largest absolute Gasteiger partial charge is 1.00 e. The highest BCUT2D eigenvalue weighted by atomic mass is 35.5. The zero-order valence-electron chi connectivity index (χ0n) is 27.3. The van der Waals surface area contributed by atoms with Crippen molar-refractivity contribution in [2.75, 3.05) is 53.5 Å². The molecule has 0 amide bonds. The lowest BCUT2D eigenvalue weighted by atomic mass is 10.0. The van der Waals surface area contributed by atoms with E-state index in [1.54, 1.807) is 0 Å². The molecule has 0 aliphatic carbocycles. The van der Waals surface area contributed by atoms with Gasteiger partial charge >= 0.3 is 0 Å². The molecule has 2 rings (SSSR count). The van der Waals surface area contributed by atoms with E-state index in [2.05, 4.69) is 76.5 Å². The van der Waals surface area contributed by atoms with Crippen molar-refractivity contribution in [3.63, 3.8) is 0 Å². The molecule has 2 unspecified atom stereocenters. The summed E-state index contributed by atoms with van der Waals surface area (Å²) in [5.74, 6) is 0. The lowest BCUT2D eigenvalue weighted by Crippen LogP contribution is -3.00. The van der Waals surface area contributed by atoms with Gasteiger partial charge < -0.3 is 44.0 Å². The smallest absolute Gasteiger partial charge is 0.104 e. The molecule has 6 heteroatoms. The van der Waals surface area contributed by atoms with Crippen LogP contribution in [0.4, 0.5) is 0 Å². The standard InChI is InChI=1S/C36H62N2O2.2ClH/c1-5-7-9-11-13-15-25-37(3,27-29-39)31-33-17-21-35(22-18-33)36-23-19-34(20-24-36)32-38(4,28-30-40)26-16-14-12-10-8-6-2;;/h17-24,39-40H,5-16,25-32H2,1-4H3;2*1H/q+2;;/p-2. The second kappa shape index (κ2) is 23.3. The highest BCUT2D eigenvalue weighted by molar-refractivity contribution is 5.63. The van der Waals surface area contributed by atoms with Gasteiger partial charge in [0.1, 0.15) is 26.2 Å². The maximum atomic E-state index is 9.72. The summed E-state index contributed by atoms with van der Waals surface area (Å²) in [5, 5.41) is 19.4. The second-order valence-corrected chi connectivity index (χ2v) is 12.8. The van der Waals surface area contributed by atoms with E-state index in [9.17, 15) is 10.2 Å². The Morgan fingerprint density at radius 3 is 1.07 bits per heavy atom. The van der Waals surface area contributed by atoms with E-state index in [0.717, 1.165) is 48.2 Å². The first kappa shape index (κ1) is 40.9. The average molecular weight is 626 g/mol. The number of nitrogens with zero attached hydrogens (tertiary/aromatic N) is 2. The van der Waals surface area contributed by atoms with E-state index in [1.807, 2.05) is 0 Å². The minimum Gasteiger partial charge on any atom is -1.00 e. The van der Waals surface area contributed by atoms with Crippen molar-refractivity contribution < 1.29 is 44.0 Å². The molecule has 0 aliphatic rings. The zero-order chi connectivity index (χ0) is 29.1. The van der Waals surface area contributed by atoms with Gasteiger partial charge in [-0.25, -0.2) is 0 Å². The van der Waals surface area contributed by atoms with E-state index in [4.69, 9.17) is 0 Å². The normalized spacial score (nSPS) is 14.0. The van der Waals surface area contributed by atoms with Gasteiger partial charge in [-0.05, 0) is 36.8 Å². The number of aliphatic hydroxyl groups excluding tert-OH is 2. The summed E-state index contributed by atoms with van der Waals surface area (Å²) >= 11 is 0. The number of aliphatic hydroxyl groups is 2. The Kier molecular flexibility index (Phi) is 22.6. The molecule has 2 aromatic rings. The van der Waals surface area contributed by atoms with E-state index in [-0.39, 0.29) is 38.0 Å². The van der Waals surface area contributed by atoms with Crippen molar-refractivity contribution in [3.05, 3.63) is 59.7 Å². The Bertz CT molecular complexity index is 834. The van der Waals surface area contributed by atoms with Crippen molar-refractivity contribution in [3.8, 4) is 11.1 Å². The molecule has 0 saturated heterocycles. The predicted molar refractivity (Wildman–Crippen MR) is 172 cm³/mol. The maximum Gasteiger partial charge on any atom is 0.104 e. The average Bonchev–Trinajstić information content (AvgIpc) is 2.94. The fourth-order valence-electron chi connectivity index (χ4n) is 6.06. The number of unbranched alkanes of at least 4 members (excludes halogenated alkanes) is 10. The summed E-state index contributed by atoms with van der Waals surface area (Å²) in [5.41, 5.74) is 5.19. The number of likely N-dealkylation sites (N-methyl/N-ethyl adjacent to an activating group) is 2. The summed E-state index contributed by atoms with van der Waals surface area (Å²) in [6.45, 7) is 10.8. The first-order chi connectivity index (χ1) is 19.4. The van der Waals surface area contributed by atoms with Crippen LogP contribution in [-0.2, 0) is 13.1 Å². The van der Waals surface area contributed by atoms with Crippen LogP contribution in [0.3, 0.4) is 0 Å². The SMILES string of the molecule is CCCCCCCC[N+](C)(CCO)Cc1ccc(-c2ccc(C[N+](C)(CCO)CCCCCCCC)cc2)cc1.[Cl-].[Cl-]. The van der Waals surface area contributed by atoms with Crippen LogP contribution in [0, 0.1) is 0 Å². The zero-order valence-corrected chi connectivity index (χ0v) is 28.8. The van der Waals surface area contributed by atoms with Crippen LogP contribution in [0.15, 0.2) is 48.5 Å². The van der Waals surface area contributed by atoms with Crippen LogP contribution >= 0.6 is 0 Å². The van der Waals surface area contributed by atoms with Crippen LogP contribution in [0.2, 0.25) is 0 Å². The van der Waals surface area contributed by atoms with E-state index < -0.39 is 0 Å². The number of halogens is 2. The Balaban J connectivity index is 0.00000840. The van der Waals surface area contributed by atoms with Crippen LogP contribution < -0.4 is 24.8 Å². The third-order valence-corrected chi connectivity index (χ3v) is 8.75. The number of benzene rings is 2. The highest BCUT2D eigenvalue weighted by Crippen LogP contribution is 2.24. The molecule has 0 bridgehead atoms. The van der Waals surface area contributed by atoms with Gasteiger partial charge in [0, 0.05) is 11.1 Å².